The molecule has 0 saturated heterocycles. The molecule has 1 aromatic rings. The van der Waals surface area contributed by atoms with E-state index in [2.05, 4.69) is 25.7 Å². The van der Waals surface area contributed by atoms with Gasteiger partial charge < -0.3 is 9.84 Å². The van der Waals surface area contributed by atoms with Crippen molar-refractivity contribution in [2.75, 3.05) is 6.61 Å². The van der Waals surface area contributed by atoms with Crippen LogP contribution in [0.5, 0.6) is 5.75 Å². The number of ether oxygens (including phenoxy) is 1. The van der Waals surface area contributed by atoms with Crippen molar-refractivity contribution in [1.29, 1.82) is 0 Å². The zero-order chi connectivity index (χ0) is 15.8. The Morgan fingerprint density at radius 3 is 2.33 bits per heavy atom. The molecule has 3 heteroatoms. The number of carboxylic acid groups (broad SMARTS) is 1. The Bertz CT molecular complexity index is 567. The van der Waals surface area contributed by atoms with Gasteiger partial charge in [-0.1, -0.05) is 23.6 Å². The first kappa shape index (κ1) is 16.8. The van der Waals surface area contributed by atoms with Gasteiger partial charge in [0.25, 0.3) is 0 Å². The summed E-state index contributed by atoms with van der Waals surface area (Å²) in [4.78, 5) is 10.9. The summed E-state index contributed by atoms with van der Waals surface area (Å²) in [5, 5.41) is 8.93. The van der Waals surface area contributed by atoms with Crippen LogP contribution in [0.1, 0.15) is 45.6 Å². The fourth-order valence-electron chi connectivity index (χ4n) is 1.73. The highest BCUT2D eigenvalue weighted by molar-refractivity contribution is 5.69. The first-order valence-electron chi connectivity index (χ1n) is 6.93. The molecule has 1 atom stereocenters. The lowest BCUT2D eigenvalue weighted by Gasteiger charge is -2.11. The summed E-state index contributed by atoms with van der Waals surface area (Å²) < 4.78 is 5.69. The summed E-state index contributed by atoms with van der Waals surface area (Å²) in [6.07, 6.45) is 0.0118. The van der Waals surface area contributed by atoms with Crippen LogP contribution in [0.15, 0.2) is 35.4 Å². The largest absolute Gasteiger partial charge is 0.489 e. The SMILES string of the molecule is CC#C[C@@H](CC(=O)O)c1ccc(OCC(C)=C(C)C)cc1. The summed E-state index contributed by atoms with van der Waals surface area (Å²) in [5.41, 5.74) is 3.36. The molecule has 3 nitrogen and oxygen atoms in total. The Balaban J connectivity index is 2.77. The molecule has 0 amide bonds. The molecular weight excluding hydrogens is 264 g/mol. The molecule has 0 saturated carbocycles. The smallest absolute Gasteiger partial charge is 0.304 e. The third-order valence-corrected chi connectivity index (χ3v) is 3.29. The first-order valence-corrected chi connectivity index (χ1v) is 6.93. The van der Waals surface area contributed by atoms with E-state index in [0.717, 1.165) is 11.3 Å². The van der Waals surface area contributed by atoms with E-state index in [-0.39, 0.29) is 12.3 Å². The molecule has 0 spiro atoms. The molecule has 0 heterocycles. The molecule has 112 valence electrons. The van der Waals surface area contributed by atoms with Crippen molar-refractivity contribution >= 4 is 5.97 Å². The maximum atomic E-state index is 10.9. The first-order chi connectivity index (χ1) is 9.93. The van der Waals surface area contributed by atoms with Gasteiger partial charge in [0, 0.05) is 0 Å². The van der Waals surface area contributed by atoms with Crippen molar-refractivity contribution in [3.05, 3.63) is 41.0 Å². The van der Waals surface area contributed by atoms with Crippen LogP contribution < -0.4 is 4.74 Å². The fraction of sp³-hybridized carbons (Fsp3) is 0.389. The molecule has 0 bridgehead atoms. The van der Waals surface area contributed by atoms with Crippen molar-refractivity contribution in [2.24, 2.45) is 0 Å². The second kappa shape index (κ2) is 8.16. The maximum absolute atomic E-state index is 10.9. The third kappa shape index (κ3) is 5.74. The van der Waals surface area contributed by atoms with Gasteiger partial charge in [-0.25, -0.2) is 0 Å². The quantitative estimate of drug-likeness (QED) is 0.635. The van der Waals surface area contributed by atoms with Crippen LogP contribution in [0.2, 0.25) is 0 Å². The average molecular weight is 286 g/mol. The number of rotatable bonds is 6. The molecule has 1 N–H and O–H groups in total. The van der Waals surface area contributed by atoms with E-state index >= 15 is 0 Å². The van der Waals surface area contributed by atoms with Crippen LogP contribution in [0.3, 0.4) is 0 Å². The lowest BCUT2D eigenvalue weighted by Crippen LogP contribution is -2.05. The van der Waals surface area contributed by atoms with Crippen LogP contribution in [0.4, 0.5) is 0 Å². The zero-order valence-electron chi connectivity index (χ0n) is 13.1. The molecular formula is C18H22O3. The van der Waals surface area contributed by atoms with E-state index in [0.29, 0.717) is 6.61 Å². The van der Waals surface area contributed by atoms with Crippen molar-refractivity contribution in [3.63, 3.8) is 0 Å². The molecule has 1 rings (SSSR count). The van der Waals surface area contributed by atoms with Gasteiger partial charge in [0.05, 0.1) is 12.3 Å². The van der Waals surface area contributed by atoms with Crippen LogP contribution in [-0.4, -0.2) is 17.7 Å². The molecule has 0 aliphatic heterocycles. The highest BCUT2D eigenvalue weighted by Crippen LogP contribution is 2.22. The normalized spacial score (nSPS) is 11.0. The lowest BCUT2D eigenvalue weighted by atomic mass is 9.96. The van der Waals surface area contributed by atoms with Crippen molar-refractivity contribution in [2.45, 2.75) is 40.0 Å². The summed E-state index contributed by atoms with van der Waals surface area (Å²) in [7, 11) is 0. The van der Waals surface area contributed by atoms with E-state index in [4.69, 9.17) is 9.84 Å². The zero-order valence-corrected chi connectivity index (χ0v) is 13.1. The Hall–Kier alpha value is -2.21. The summed E-state index contributed by atoms with van der Waals surface area (Å²) in [6, 6.07) is 7.48. The molecule has 1 aromatic carbocycles. The molecule has 0 aliphatic rings. The lowest BCUT2D eigenvalue weighted by molar-refractivity contribution is -0.137. The monoisotopic (exact) mass is 286 g/mol. The molecule has 0 radical (unpaired) electrons. The van der Waals surface area contributed by atoms with Gasteiger partial charge in [0.2, 0.25) is 0 Å². The number of hydrogen-bond acceptors (Lipinski definition) is 2. The highest BCUT2D eigenvalue weighted by atomic mass is 16.5. The molecule has 0 fully saturated rings. The van der Waals surface area contributed by atoms with Crippen LogP contribution in [0.25, 0.3) is 0 Å². The van der Waals surface area contributed by atoms with Crippen molar-refractivity contribution < 1.29 is 14.6 Å². The third-order valence-electron chi connectivity index (χ3n) is 3.29. The van der Waals surface area contributed by atoms with Crippen LogP contribution >= 0.6 is 0 Å². The Kier molecular flexibility index (Phi) is 6.55. The molecule has 21 heavy (non-hydrogen) atoms. The number of carboxylic acids is 1. The Morgan fingerprint density at radius 1 is 1.24 bits per heavy atom. The van der Waals surface area contributed by atoms with Gasteiger partial charge >= 0.3 is 5.97 Å². The van der Waals surface area contributed by atoms with Gasteiger partial charge in [-0.3, -0.25) is 4.79 Å². The van der Waals surface area contributed by atoms with E-state index in [9.17, 15) is 4.79 Å². The van der Waals surface area contributed by atoms with Gasteiger partial charge in [0.15, 0.2) is 0 Å². The minimum atomic E-state index is -0.845. The number of benzene rings is 1. The minimum absolute atomic E-state index is 0.0118. The van der Waals surface area contributed by atoms with Gasteiger partial charge in [0.1, 0.15) is 12.4 Å². The highest BCUT2D eigenvalue weighted by Gasteiger charge is 2.13. The maximum Gasteiger partial charge on any atom is 0.304 e. The summed E-state index contributed by atoms with van der Waals surface area (Å²) >= 11 is 0. The van der Waals surface area contributed by atoms with E-state index in [1.807, 2.05) is 31.2 Å². The number of carbonyl (C=O) groups is 1. The standard InChI is InChI=1S/C18H22O3/c1-5-6-16(11-18(19)20)15-7-9-17(10-8-15)21-12-14(4)13(2)3/h7-10,16H,11-12H2,1-4H3,(H,19,20)/t16-/m0/s1. The Labute approximate surface area is 126 Å². The predicted octanol–water partition coefficient (Wildman–Crippen LogP) is 4.00. The fourth-order valence-corrected chi connectivity index (χ4v) is 1.73. The van der Waals surface area contributed by atoms with E-state index in [1.54, 1.807) is 6.92 Å². The van der Waals surface area contributed by atoms with Crippen LogP contribution in [0, 0.1) is 11.8 Å². The predicted molar refractivity (Wildman–Crippen MR) is 84.4 cm³/mol. The number of allylic oxidation sites excluding steroid dienone is 1. The second-order valence-electron chi connectivity index (χ2n) is 5.18. The number of hydrogen-bond donors (Lipinski definition) is 1. The topological polar surface area (TPSA) is 46.5 Å². The molecule has 0 aliphatic carbocycles. The van der Waals surface area contributed by atoms with Crippen molar-refractivity contribution in [3.8, 4) is 17.6 Å². The van der Waals surface area contributed by atoms with Crippen molar-refractivity contribution in [1.82, 2.24) is 0 Å². The molecule has 0 unspecified atom stereocenters. The number of aliphatic carboxylic acids is 1. The minimum Gasteiger partial charge on any atom is -0.489 e. The molecule has 0 aromatic heterocycles. The van der Waals surface area contributed by atoms with E-state index < -0.39 is 5.97 Å². The summed E-state index contributed by atoms with van der Waals surface area (Å²) in [6.45, 7) is 8.44. The summed E-state index contributed by atoms with van der Waals surface area (Å²) in [5.74, 6) is 5.38. The van der Waals surface area contributed by atoms with Gasteiger partial charge in [-0.15, -0.1) is 5.92 Å². The van der Waals surface area contributed by atoms with Crippen LogP contribution in [-0.2, 0) is 4.79 Å². The second-order valence-corrected chi connectivity index (χ2v) is 5.18. The Morgan fingerprint density at radius 2 is 1.86 bits per heavy atom. The van der Waals surface area contributed by atoms with E-state index in [1.165, 1.54) is 11.1 Å². The van der Waals surface area contributed by atoms with Gasteiger partial charge in [-0.2, -0.15) is 0 Å². The average Bonchev–Trinajstić information content (AvgIpc) is 2.44. The van der Waals surface area contributed by atoms with Gasteiger partial charge in [-0.05, 0) is 51.0 Å².